The van der Waals surface area contributed by atoms with E-state index in [1.165, 1.54) is 0 Å². The highest BCUT2D eigenvalue weighted by Gasteiger charge is 2.14. The van der Waals surface area contributed by atoms with Gasteiger partial charge >= 0.3 is 5.97 Å². The molecule has 0 bridgehead atoms. The number of hydrogen-bond acceptors (Lipinski definition) is 3. The first-order valence-corrected chi connectivity index (χ1v) is 5.91. The van der Waals surface area contributed by atoms with Crippen molar-refractivity contribution in [1.29, 1.82) is 0 Å². The number of carbonyl (C=O) groups excluding carboxylic acids is 1. The number of carbonyl (C=O) groups is 1. The van der Waals surface area contributed by atoms with E-state index in [2.05, 4.69) is 4.98 Å². The predicted octanol–water partition coefficient (Wildman–Crippen LogP) is 3.23. The average molecular weight is 241 g/mol. The molecule has 0 unspecified atom stereocenters. The van der Waals surface area contributed by atoms with E-state index >= 15 is 0 Å². The van der Waals surface area contributed by atoms with Gasteiger partial charge in [-0.2, -0.15) is 0 Å². The van der Waals surface area contributed by atoms with Crippen LogP contribution in [0.5, 0.6) is 0 Å². The Kier molecular flexibility index (Phi) is 3.72. The molecular formula is C15H15NO2. The SMILES string of the molecule is CCOC(=O)c1cccnc1-c1cccc(C)c1. The Morgan fingerprint density at radius 2 is 2.11 bits per heavy atom. The molecule has 0 radical (unpaired) electrons. The summed E-state index contributed by atoms with van der Waals surface area (Å²) in [6.45, 7) is 4.16. The van der Waals surface area contributed by atoms with E-state index in [0.717, 1.165) is 11.1 Å². The molecule has 0 N–H and O–H groups in total. The van der Waals surface area contributed by atoms with Crippen LogP contribution >= 0.6 is 0 Å². The number of esters is 1. The van der Waals surface area contributed by atoms with Gasteiger partial charge in [-0.3, -0.25) is 4.98 Å². The molecular weight excluding hydrogens is 226 g/mol. The molecule has 2 rings (SSSR count). The van der Waals surface area contributed by atoms with Gasteiger partial charge in [-0.1, -0.05) is 23.8 Å². The minimum Gasteiger partial charge on any atom is -0.462 e. The zero-order valence-corrected chi connectivity index (χ0v) is 10.5. The number of ether oxygens (including phenoxy) is 1. The van der Waals surface area contributed by atoms with Gasteiger partial charge in [0, 0.05) is 11.8 Å². The third-order valence-corrected chi connectivity index (χ3v) is 2.59. The lowest BCUT2D eigenvalue weighted by Crippen LogP contribution is -2.07. The van der Waals surface area contributed by atoms with Crippen LogP contribution in [0.1, 0.15) is 22.8 Å². The van der Waals surface area contributed by atoms with Crippen molar-refractivity contribution in [2.45, 2.75) is 13.8 Å². The molecule has 0 fully saturated rings. The zero-order valence-electron chi connectivity index (χ0n) is 10.5. The third kappa shape index (κ3) is 2.56. The van der Waals surface area contributed by atoms with Crippen molar-refractivity contribution in [3.05, 3.63) is 53.7 Å². The van der Waals surface area contributed by atoms with E-state index in [4.69, 9.17) is 4.74 Å². The lowest BCUT2D eigenvalue weighted by atomic mass is 10.0. The number of benzene rings is 1. The van der Waals surface area contributed by atoms with Gasteiger partial charge in [0.15, 0.2) is 0 Å². The van der Waals surface area contributed by atoms with Crippen LogP contribution in [0.4, 0.5) is 0 Å². The Hall–Kier alpha value is -2.16. The highest BCUT2D eigenvalue weighted by atomic mass is 16.5. The van der Waals surface area contributed by atoms with Crippen LogP contribution in [0, 0.1) is 6.92 Å². The molecule has 0 amide bonds. The summed E-state index contributed by atoms with van der Waals surface area (Å²) < 4.78 is 5.04. The van der Waals surface area contributed by atoms with Crippen molar-refractivity contribution in [2.24, 2.45) is 0 Å². The number of nitrogens with zero attached hydrogens (tertiary/aromatic N) is 1. The van der Waals surface area contributed by atoms with Crippen molar-refractivity contribution < 1.29 is 9.53 Å². The molecule has 0 aliphatic rings. The fourth-order valence-electron chi connectivity index (χ4n) is 1.80. The topological polar surface area (TPSA) is 39.2 Å². The standard InChI is InChI=1S/C15H15NO2/c1-3-18-15(17)13-8-5-9-16-14(13)12-7-4-6-11(2)10-12/h4-10H,3H2,1-2H3. The van der Waals surface area contributed by atoms with Crippen molar-refractivity contribution in [3.63, 3.8) is 0 Å². The molecule has 1 aromatic heterocycles. The molecule has 0 saturated carbocycles. The van der Waals surface area contributed by atoms with Crippen molar-refractivity contribution in [3.8, 4) is 11.3 Å². The van der Waals surface area contributed by atoms with E-state index in [1.54, 1.807) is 25.3 Å². The maximum atomic E-state index is 11.9. The monoisotopic (exact) mass is 241 g/mol. The quantitative estimate of drug-likeness (QED) is 0.774. The van der Waals surface area contributed by atoms with E-state index in [-0.39, 0.29) is 5.97 Å². The summed E-state index contributed by atoms with van der Waals surface area (Å²) >= 11 is 0. The summed E-state index contributed by atoms with van der Waals surface area (Å²) in [5.41, 5.74) is 3.23. The Morgan fingerprint density at radius 1 is 1.28 bits per heavy atom. The normalized spacial score (nSPS) is 10.1. The number of hydrogen-bond donors (Lipinski definition) is 0. The molecule has 3 heteroatoms. The Morgan fingerprint density at radius 3 is 2.83 bits per heavy atom. The van der Waals surface area contributed by atoms with Gasteiger partial charge in [0.25, 0.3) is 0 Å². The first kappa shape index (κ1) is 12.3. The van der Waals surface area contributed by atoms with Crippen LogP contribution in [-0.2, 0) is 4.74 Å². The molecule has 92 valence electrons. The maximum absolute atomic E-state index is 11.9. The average Bonchev–Trinajstić information content (AvgIpc) is 2.39. The molecule has 18 heavy (non-hydrogen) atoms. The molecule has 1 heterocycles. The second-order valence-corrected chi connectivity index (χ2v) is 3.99. The van der Waals surface area contributed by atoms with Crippen molar-refractivity contribution in [1.82, 2.24) is 4.98 Å². The lowest BCUT2D eigenvalue weighted by molar-refractivity contribution is 0.0527. The minimum atomic E-state index is -0.331. The van der Waals surface area contributed by atoms with Crippen molar-refractivity contribution in [2.75, 3.05) is 6.61 Å². The van der Waals surface area contributed by atoms with Crippen LogP contribution in [-0.4, -0.2) is 17.6 Å². The molecule has 1 aromatic carbocycles. The van der Waals surface area contributed by atoms with Gasteiger partial charge in [0.1, 0.15) is 0 Å². The first-order valence-electron chi connectivity index (χ1n) is 5.91. The molecule has 0 aliphatic heterocycles. The van der Waals surface area contributed by atoms with Crippen LogP contribution in [0.3, 0.4) is 0 Å². The van der Waals surface area contributed by atoms with Gasteiger partial charge in [-0.15, -0.1) is 0 Å². The molecule has 0 spiro atoms. The van der Waals surface area contributed by atoms with E-state index in [9.17, 15) is 4.79 Å². The van der Waals surface area contributed by atoms with E-state index in [1.807, 2.05) is 31.2 Å². The first-order chi connectivity index (χ1) is 8.72. The Balaban J connectivity index is 2.48. The fourth-order valence-corrected chi connectivity index (χ4v) is 1.80. The van der Waals surface area contributed by atoms with Crippen LogP contribution in [0.15, 0.2) is 42.6 Å². The number of pyridine rings is 1. The molecule has 0 saturated heterocycles. The largest absolute Gasteiger partial charge is 0.462 e. The summed E-state index contributed by atoms with van der Waals surface area (Å²) in [5.74, 6) is -0.331. The number of aryl methyl sites for hydroxylation is 1. The highest BCUT2D eigenvalue weighted by molar-refractivity contribution is 5.96. The minimum absolute atomic E-state index is 0.331. The van der Waals surface area contributed by atoms with E-state index in [0.29, 0.717) is 17.9 Å². The van der Waals surface area contributed by atoms with Crippen LogP contribution in [0.25, 0.3) is 11.3 Å². The van der Waals surface area contributed by atoms with Gasteiger partial charge in [0.05, 0.1) is 17.9 Å². The third-order valence-electron chi connectivity index (χ3n) is 2.59. The number of rotatable bonds is 3. The molecule has 0 atom stereocenters. The second kappa shape index (κ2) is 5.45. The fraction of sp³-hybridized carbons (Fsp3) is 0.200. The van der Waals surface area contributed by atoms with Gasteiger partial charge in [0.2, 0.25) is 0 Å². The lowest BCUT2D eigenvalue weighted by Gasteiger charge is -2.08. The van der Waals surface area contributed by atoms with E-state index < -0.39 is 0 Å². The van der Waals surface area contributed by atoms with Crippen LogP contribution in [0.2, 0.25) is 0 Å². The summed E-state index contributed by atoms with van der Waals surface area (Å²) in [6.07, 6.45) is 1.68. The highest BCUT2D eigenvalue weighted by Crippen LogP contribution is 2.22. The second-order valence-electron chi connectivity index (χ2n) is 3.99. The van der Waals surface area contributed by atoms with Crippen molar-refractivity contribution >= 4 is 5.97 Å². The summed E-state index contributed by atoms with van der Waals surface area (Å²) in [6, 6.07) is 11.4. The predicted molar refractivity (Wildman–Crippen MR) is 70.4 cm³/mol. The summed E-state index contributed by atoms with van der Waals surface area (Å²) in [5, 5.41) is 0. The maximum Gasteiger partial charge on any atom is 0.340 e. The molecule has 2 aromatic rings. The smallest absolute Gasteiger partial charge is 0.340 e. The molecule has 0 aliphatic carbocycles. The summed E-state index contributed by atoms with van der Waals surface area (Å²) in [4.78, 5) is 16.2. The van der Waals surface area contributed by atoms with Gasteiger partial charge in [-0.05, 0) is 32.0 Å². The Labute approximate surface area is 106 Å². The van der Waals surface area contributed by atoms with Gasteiger partial charge < -0.3 is 4.74 Å². The molecule has 3 nitrogen and oxygen atoms in total. The van der Waals surface area contributed by atoms with Gasteiger partial charge in [-0.25, -0.2) is 4.79 Å². The van der Waals surface area contributed by atoms with Crippen LogP contribution < -0.4 is 0 Å². The Bertz CT molecular complexity index is 564. The number of aromatic nitrogens is 1. The zero-order chi connectivity index (χ0) is 13.0. The summed E-state index contributed by atoms with van der Waals surface area (Å²) in [7, 11) is 0.